The molecule has 130 valence electrons. The largest absolute Gasteiger partial charge is 0.428 e. The van der Waals surface area contributed by atoms with Crippen LogP contribution in [0.3, 0.4) is 0 Å². The monoisotopic (exact) mass is 342 g/mol. The normalized spacial score (nSPS) is 13.2. The van der Waals surface area contributed by atoms with Crippen LogP contribution < -0.4 is 33.0 Å². The minimum atomic E-state index is -0.510. The molecule has 0 atom stereocenters. The molecule has 0 aliphatic heterocycles. The number of rotatable bonds is 4. The molecule has 1 aromatic heterocycles. The van der Waals surface area contributed by atoms with E-state index in [1.165, 1.54) is 12.4 Å². The number of benzene rings is 2. The molecule has 1 heterocycles. The van der Waals surface area contributed by atoms with Crippen LogP contribution in [0.1, 0.15) is 0 Å². The molecular formula is C16H18N6O3. The third-order valence-corrected chi connectivity index (χ3v) is 3.79. The number of fused-ring (bicyclic) bond motifs is 2. The van der Waals surface area contributed by atoms with Crippen LogP contribution >= 0.6 is 0 Å². The van der Waals surface area contributed by atoms with Crippen LogP contribution in [0.5, 0.6) is 0 Å². The van der Waals surface area contributed by atoms with Crippen LogP contribution in [0.25, 0.3) is 21.8 Å². The first-order valence-corrected chi connectivity index (χ1v) is 7.77. The summed E-state index contributed by atoms with van der Waals surface area (Å²) in [7, 11) is 0. The van der Waals surface area contributed by atoms with E-state index in [1.54, 1.807) is 12.1 Å². The molecule has 9 heteroatoms. The van der Waals surface area contributed by atoms with E-state index in [2.05, 4.69) is 15.0 Å². The first-order chi connectivity index (χ1) is 12.1. The number of nitrogens with one attached hydrogen (secondary N) is 1. The molecule has 0 saturated carbocycles. The Morgan fingerprint density at radius 3 is 2.12 bits per heavy atom. The van der Waals surface area contributed by atoms with Crippen LogP contribution in [-0.4, -0.2) is 41.1 Å². The number of hydrogen-bond acceptors (Lipinski definition) is 7. The van der Waals surface area contributed by atoms with E-state index in [4.69, 9.17) is 11.5 Å². The fourth-order valence-corrected chi connectivity index (χ4v) is 2.76. The summed E-state index contributed by atoms with van der Waals surface area (Å²) >= 11 is 0. The predicted octanol–water partition coefficient (Wildman–Crippen LogP) is -1.76. The van der Waals surface area contributed by atoms with Crippen molar-refractivity contribution in [1.82, 2.24) is 9.71 Å². The lowest BCUT2D eigenvalue weighted by atomic mass is 10.1. The molecule has 0 spiro atoms. The van der Waals surface area contributed by atoms with E-state index in [0.29, 0.717) is 41.6 Å². The summed E-state index contributed by atoms with van der Waals surface area (Å²) in [5, 5.41) is 11.0. The number of hydrogen-bond donors (Lipinski definition) is 4. The quantitative estimate of drug-likeness (QED) is 0.327. The standard InChI is InChI=1S/C16H18N6O3/c17-3-5-19-9-1-2-10(20-6-4-18)12-11(9)15(23)13-14(16(12)24)22(25)8-7-21-13/h1-2,7-8,21,25H,3-6,17-18H2. The van der Waals surface area contributed by atoms with Gasteiger partial charge in [0, 0.05) is 19.3 Å². The highest BCUT2D eigenvalue weighted by Crippen LogP contribution is 2.05. The Hall–Kier alpha value is -3.04. The Labute approximate surface area is 140 Å². The fraction of sp³-hybridized carbons (Fsp3) is 0.250. The smallest absolute Gasteiger partial charge is 0.218 e. The van der Waals surface area contributed by atoms with Crippen LogP contribution in [0.2, 0.25) is 0 Å². The Morgan fingerprint density at radius 1 is 1.00 bits per heavy atom. The van der Waals surface area contributed by atoms with Gasteiger partial charge in [-0.3, -0.25) is 19.6 Å². The molecule has 0 saturated heterocycles. The zero-order chi connectivity index (χ0) is 18.0. The molecule has 9 nitrogen and oxygen atoms in total. The maximum absolute atomic E-state index is 13.0. The summed E-state index contributed by atoms with van der Waals surface area (Å²) in [5.74, 6) is 0. The predicted molar refractivity (Wildman–Crippen MR) is 93.7 cm³/mol. The molecule has 25 heavy (non-hydrogen) atoms. The van der Waals surface area contributed by atoms with Crippen molar-refractivity contribution in [2.45, 2.75) is 0 Å². The summed E-state index contributed by atoms with van der Waals surface area (Å²) in [6.07, 6.45) is 2.61. The van der Waals surface area contributed by atoms with Gasteiger partial charge in [-0.2, -0.15) is 4.73 Å². The van der Waals surface area contributed by atoms with Crippen LogP contribution in [0.4, 0.5) is 0 Å². The maximum Gasteiger partial charge on any atom is 0.218 e. The molecule has 0 bridgehead atoms. The van der Waals surface area contributed by atoms with Crippen molar-refractivity contribution >= 4 is 21.8 Å². The second kappa shape index (κ2) is 6.83. The van der Waals surface area contributed by atoms with Gasteiger partial charge in [-0.1, -0.05) is 0 Å². The van der Waals surface area contributed by atoms with E-state index in [0.717, 1.165) is 0 Å². The highest BCUT2D eigenvalue weighted by atomic mass is 16.5. The van der Waals surface area contributed by atoms with Crippen molar-refractivity contribution < 1.29 is 5.21 Å². The van der Waals surface area contributed by atoms with Gasteiger partial charge in [0.1, 0.15) is 5.52 Å². The molecule has 0 unspecified atom stereocenters. The lowest BCUT2D eigenvalue weighted by molar-refractivity contribution is 0.197. The molecule has 2 aromatic carbocycles. The molecule has 0 fully saturated rings. The first-order valence-electron chi connectivity index (χ1n) is 7.77. The van der Waals surface area contributed by atoms with E-state index < -0.39 is 10.9 Å². The maximum atomic E-state index is 13.0. The summed E-state index contributed by atoms with van der Waals surface area (Å²) in [4.78, 5) is 37.2. The van der Waals surface area contributed by atoms with Crippen molar-refractivity contribution in [1.29, 1.82) is 0 Å². The molecule has 3 rings (SSSR count). The Balaban J connectivity index is 2.65. The van der Waals surface area contributed by atoms with Crippen LogP contribution in [0.15, 0.2) is 44.1 Å². The van der Waals surface area contributed by atoms with Crippen molar-refractivity contribution in [2.24, 2.45) is 21.5 Å². The van der Waals surface area contributed by atoms with Gasteiger partial charge in [-0.15, -0.1) is 0 Å². The molecule has 6 N–H and O–H groups in total. The van der Waals surface area contributed by atoms with Crippen molar-refractivity contribution in [2.75, 3.05) is 26.2 Å². The van der Waals surface area contributed by atoms with E-state index in [-0.39, 0.29) is 21.8 Å². The lowest BCUT2D eigenvalue weighted by Gasteiger charge is -2.05. The second-order valence-corrected chi connectivity index (χ2v) is 5.38. The van der Waals surface area contributed by atoms with Gasteiger partial charge in [0.05, 0.1) is 40.8 Å². The third-order valence-electron chi connectivity index (χ3n) is 3.79. The summed E-state index contributed by atoms with van der Waals surface area (Å²) in [6, 6.07) is 3.25. The summed E-state index contributed by atoms with van der Waals surface area (Å²) in [6.45, 7) is 1.24. The number of H-pyrrole nitrogens is 1. The third kappa shape index (κ3) is 2.79. The van der Waals surface area contributed by atoms with Crippen molar-refractivity contribution in [3.05, 3.63) is 55.7 Å². The fourth-order valence-electron chi connectivity index (χ4n) is 2.76. The van der Waals surface area contributed by atoms with Gasteiger partial charge in [0.25, 0.3) is 0 Å². The average molecular weight is 342 g/mol. The van der Waals surface area contributed by atoms with Gasteiger partial charge in [0.2, 0.25) is 10.9 Å². The first kappa shape index (κ1) is 16.8. The average Bonchev–Trinajstić information content (AvgIpc) is 2.62. The van der Waals surface area contributed by atoms with Gasteiger partial charge < -0.3 is 21.7 Å². The van der Waals surface area contributed by atoms with Crippen LogP contribution in [0, 0.1) is 0 Å². The molecule has 3 aromatic rings. The minimum absolute atomic E-state index is 0.00248. The van der Waals surface area contributed by atoms with Gasteiger partial charge >= 0.3 is 0 Å². The minimum Gasteiger partial charge on any atom is -0.428 e. The molecule has 0 radical (unpaired) electrons. The number of nitrogens with zero attached hydrogens (tertiary/aromatic N) is 3. The van der Waals surface area contributed by atoms with E-state index >= 15 is 0 Å². The summed E-state index contributed by atoms with van der Waals surface area (Å²) < 4.78 is 0.630. The lowest BCUT2D eigenvalue weighted by Crippen LogP contribution is -2.29. The molecule has 0 amide bonds. The van der Waals surface area contributed by atoms with Crippen molar-refractivity contribution in [3.63, 3.8) is 0 Å². The SMILES string of the molecule is NCCN=c1ccc(=NCCN)c2c(=O)c3c([nH]ccn3O)c(=O)c12. The highest BCUT2D eigenvalue weighted by molar-refractivity contribution is 5.94. The second-order valence-electron chi connectivity index (χ2n) is 5.38. The van der Waals surface area contributed by atoms with Gasteiger partial charge in [-0.25, -0.2) is 0 Å². The van der Waals surface area contributed by atoms with E-state index in [1.807, 2.05) is 0 Å². The number of nitrogens with two attached hydrogens (primary N) is 2. The van der Waals surface area contributed by atoms with Crippen molar-refractivity contribution in [3.8, 4) is 0 Å². The Morgan fingerprint density at radius 2 is 1.56 bits per heavy atom. The number of aromatic amines is 1. The molecule has 0 aliphatic rings. The Bertz CT molecular complexity index is 1180. The van der Waals surface area contributed by atoms with Crippen LogP contribution in [-0.2, 0) is 0 Å². The molecular weight excluding hydrogens is 324 g/mol. The van der Waals surface area contributed by atoms with Gasteiger partial charge in [-0.05, 0) is 12.1 Å². The zero-order valence-corrected chi connectivity index (χ0v) is 13.4. The Kier molecular flexibility index (Phi) is 4.59. The highest BCUT2D eigenvalue weighted by Gasteiger charge is 2.16. The van der Waals surface area contributed by atoms with Gasteiger partial charge in [0.15, 0.2) is 5.52 Å². The van der Waals surface area contributed by atoms with E-state index in [9.17, 15) is 14.8 Å². The molecule has 0 aliphatic carbocycles. The topological polar surface area (TPSA) is 152 Å². The number of aromatic nitrogens is 2. The summed E-state index contributed by atoms with van der Waals surface area (Å²) in [5.41, 5.74) is 9.89. The zero-order valence-electron chi connectivity index (χ0n) is 13.4.